The number of rotatable bonds is 3. The highest BCUT2D eigenvalue weighted by Gasteiger charge is 2.35. The number of hydrogen-bond acceptors (Lipinski definition) is 3. The van der Waals surface area contributed by atoms with E-state index >= 15 is 0 Å². The molecule has 0 atom stereocenters. The van der Waals surface area contributed by atoms with Crippen LogP contribution in [0.25, 0.3) is 0 Å². The zero-order valence-electron chi connectivity index (χ0n) is 11.4. The van der Waals surface area contributed by atoms with Gasteiger partial charge in [-0.2, -0.15) is 0 Å². The molecule has 0 rings (SSSR count). The molecule has 2 N–H and O–H groups in total. The summed E-state index contributed by atoms with van der Waals surface area (Å²) in [6.45, 7) is 15.9. The van der Waals surface area contributed by atoms with Gasteiger partial charge in [0.1, 0.15) is 0 Å². The lowest BCUT2D eigenvalue weighted by Crippen LogP contribution is -2.47. The lowest BCUT2D eigenvalue weighted by Gasteiger charge is -2.36. The summed E-state index contributed by atoms with van der Waals surface area (Å²) < 4.78 is 4.77. The molecule has 0 aliphatic carbocycles. The van der Waals surface area contributed by atoms with E-state index in [0.717, 1.165) is 0 Å². The van der Waals surface area contributed by atoms with Crippen molar-refractivity contribution in [1.29, 1.82) is 0 Å². The minimum atomic E-state index is -0.966. The lowest BCUT2D eigenvalue weighted by atomic mass is 9.89. The van der Waals surface area contributed by atoms with Crippen molar-refractivity contribution in [2.45, 2.75) is 65.1 Å². The van der Waals surface area contributed by atoms with Gasteiger partial charge in [-0.1, -0.05) is 26.2 Å². The predicted molar refractivity (Wildman–Crippen MR) is 68.6 cm³/mol. The molecule has 0 saturated heterocycles. The maximum Gasteiger partial charge on any atom is 0.485 e. The molecular formula is C10H26BO3Si. The zero-order chi connectivity index (χ0) is 12.9. The average Bonchev–Trinajstić information content (AvgIpc) is 1.79. The quantitative estimate of drug-likeness (QED) is 0.733. The van der Waals surface area contributed by atoms with Gasteiger partial charge in [-0.15, -0.1) is 0 Å². The molecule has 0 aliphatic heterocycles. The van der Waals surface area contributed by atoms with Crippen molar-refractivity contribution in [2.24, 2.45) is 0 Å². The van der Waals surface area contributed by atoms with E-state index in [0.29, 0.717) is 7.69 Å². The van der Waals surface area contributed by atoms with Gasteiger partial charge in [0.15, 0.2) is 0 Å². The van der Waals surface area contributed by atoms with E-state index in [4.69, 9.17) is 9.68 Å². The van der Waals surface area contributed by atoms with Crippen LogP contribution in [0, 0.1) is 0 Å². The molecule has 91 valence electrons. The Morgan fingerprint density at radius 2 is 1.27 bits per heavy atom. The second kappa shape index (κ2) is 6.04. The summed E-state index contributed by atoms with van der Waals surface area (Å²) in [6, 6.07) is 0. The first kappa shape index (κ1) is 17.6. The standard InChI is InChI=1S/C6H14BO3.C4H12Si/c1-5(2,8)6(3,4)10-7-9;1-5(2,3)4/h8-9H,1-4H3;1-4H3. The van der Waals surface area contributed by atoms with Crippen LogP contribution in [0.15, 0.2) is 0 Å². The van der Waals surface area contributed by atoms with Gasteiger partial charge >= 0.3 is 7.69 Å². The van der Waals surface area contributed by atoms with Gasteiger partial charge in [-0.3, -0.25) is 0 Å². The van der Waals surface area contributed by atoms with E-state index < -0.39 is 19.3 Å². The third kappa shape index (κ3) is 12.1. The van der Waals surface area contributed by atoms with Gasteiger partial charge in [-0.05, 0) is 27.7 Å². The molecular weight excluding hydrogens is 207 g/mol. The smallest absolute Gasteiger partial charge is 0.429 e. The molecule has 5 heteroatoms. The van der Waals surface area contributed by atoms with Crippen LogP contribution >= 0.6 is 0 Å². The summed E-state index contributed by atoms with van der Waals surface area (Å²) in [5.41, 5.74) is -1.73. The second-order valence-electron chi connectivity index (χ2n) is 6.29. The molecule has 0 amide bonds. The molecule has 15 heavy (non-hydrogen) atoms. The van der Waals surface area contributed by atoms with Crippen molar-refractivity contribution in [3.63, 3.8) is 0 Å². The fraction of sp³-hybridized carbons (Fsp3) is 1.00. The van der Waals surface area contributed by atoms with Gasteiger partial charge in [0.25, 0.3) is 0 Å². The molecule has 0 spiro atoms. The van der Waals surface area contributed by atoms with Crippen LogP contribution < -0.4 is 0 Å². The van der Waals surface area contributed by atoms with Crippen molar-refractivity contribution in [3.05, 3.63) is 0 Å². The molecule has 0 bridgehead atoms. The molecule has 0 heterocycles. The van der Waals surface area contributed by atoms with E-state index in [9.17, 15) is 5.11 Å². The largest absolute Gasteiger partial charge is 0.485 e. The molecule has 0 aromatic rings. The highest BCUT2D eigenvalue weighted by Crippen LogP contribution is 2.23. The van der Waals surface area contributed by atoms with Crippen molar-refractivity contribution in [3.8, 4) is 0 Å². The van der Waals surface area contributed by atoms with Crippen LogP contribution in [0.4, 0.5) is 0 Å². The van der Waals surface area contributed by atoms with Crippen LogP contribution in [0.5, 0.6) is 0 Å². The number of aliphatic hydroxyl groups is 1. The molecule has 1 radical (unpaired) electrons. The Hall–Kier alpha value is 0.162. The monoisotopic (exact) mass is 233 g/mol. The molecule has 0 aromatic carbocycles. The van der Waals surface area contributed by atoms with Crippen LogP contribution in [-0.2, 0) is 4.65 Å². The first-order valence-corrected chi connectivity index (χ1v) is 9.17. The normalized spacial score (nSPS) is 12.9. The average molecular weight is 233 g/mol. The summed E-state index contributed by atoms with van der Waals surface area (Å²) >= 11 is 0. The second-order valence-corrected chi connectivity index (χ2v) is 12.3. The number of hydrogen-bond donors (Lipinski definition) is 2. The highest BCUT2D eigenvalue weighted by molar-refractivity contribution is 6.74. The molecule has 0 saturated carbocycles. The fourth-order valence-electron chi connectivity index (χ4n) is 0.276. The minimum Gasteiger partial charge on any atom is -0.429 e. The SMILES string of the molecule is CC(C)(O)C(C)(C)O[B]O.C[Si](C)(C)C. The van der Waals surface area contributed by atoms with Crippen LogP contribution in [0.2, 0.25) is 26.2 Å². The summed E-state index contributed by atoms with van der Waals surface area (Å²) in [7, 11) is -0.0159. The summed E-state index contributed by atoms with van der Waals surface area (Å²) in [4.78, 5) is 0. The van der Waals surface area contributed by atoms with E-state index in [1.165, 1.54) is 0 Å². The predicted octanol–water partition coefficient (Wildman–Crippen LogP) is 2.03. The van der Waals surface area contributed by atoms with Gasteiger partial charge in [0, 0.05) is 8.07 Å². The Morgan fingerprint density at radius 1 is 1.00 bits per heavy atom. The van der Waals surface area contributed by atoms with E-state index in [2.05, 4.69) is 26.2 Å². The maximum atomic E-state index is 9.42. The lowest BCUT2D eigenvalue weighted by molar-refractivity contribution is -0.0956. The van der Waals surface area contributed by atoms with Gasteiger partial charge in [-0.25, -0.2) is 0 Å². The van der Waals surface area contributed by atoms with Gasteiger partial charge < -0.3 is 14.8 Å². The molecule has 0 aromatic heterocycles. The van der Waals surface area contributed by atoms with Gasteiger partial charge in [0.2, 0.25) is 0 Å². The Morgan fingerprint density at radius 3 is 1.33 bits per heavy atom. The third-order valence-electron chi connectivity index (χ3n) is 1.82. The summed E-state index contributed by atoms with van der Waals surface area (Å²) in [6.07, 6.45) is 0. The molecule has 0 unspecified atom stereocenters. The highest BCUT2D eigenvalue weighted by atomic mass is 28.3. The van der Waals surface area contributed by atoms with Crippen molar-refractivity contribution in [2.75, 3.05) is 0 Å². The Kier molecular flexibility index (Phi) is 7.06. The van der Waals surface area contributed by atoms with E-state index in [-0.39, 0.29) is 0 Å². The molecule has 0 aliphatic rings. The van der Waals surface area contributed by atoms with E-state index in [1.807, 2.05) is 0 Å². The van der Waals surface area contributed by atoms with Crippen molar-refractivity contribution >= 4 is 15.8 Å². The van der Waals surface area contributed by atoms with Crippen LogP contribution in [0.1, 0.15) is 27.7 Å². The molecule has 0 fully saturated rings. The Labute approximate surface area is 96.2 Å². The minimum absolute atomic E-state index is 0.595. The first-order valence-electron chi connectivity index (χ1n) is 5.17. The summed E-state index contributed by atoms with van der Waals surface area (Å²) in [5, 5.41) is 17.7. The Bertz CT molecular complexity index is 164. The first-order chi connectivity index (χ1) is 6.31. The zero-order valence-corrected chi connectivity index (χ0v) is 12.4. The van der Waals surface area contributed by atoms with Crippen molar-refractivity contribution < 1.29 is 14.8 Å². The Balaban J connectivity index is 0. The topological polar surface area (TPSA) is 49.7 Å². The third-order valence-corrected chi connectivity index (χ3v) is 1.82. The fourth-order valence-corrected chi connectivity index (χ4v) is 0.276. The van der Waals surface area contributed by atoms with Crippen LogP contribution in [0.3, 0.4) is 0 Å². The van der Waals surface area contributed by atoms with Crippen LogP contribution in [-0.4, -0.2) is 37.1 Å². The summed E-state index contributed by atoms with van der Waals surface area (Å²) in [5.74, 6) is 0. The molecule has 3 nitrogen and oxygen atoms in total. The van der Waals surface area contributed by atoms with Gasteiger partial charge in [0.05, 0.1) is 11.2 Å². The van der Waals surface area contributed by atoms with Crippen molar-refractivity contribution in [1.82, 2.24) is 0 Å². The maximum absolute atomic E-state index is 9.42. The van der Waals surface area contributed by atoms with E-state index in [1.54, 1.807) is 27.7 Å².